The summed E-state index contributed by atoms with van der Waals surface area (Å²) in [4.78, 5) is 70.0. The Balaban J connectivity index is 3.74. The van der Waals surface area contributed by atoms with Crippen LogP contribution in [0.25, 0.3) is 0 Å². The highest BCUT2D eigenvalue weighted by atomic mass is 79.9. The van der Waals surface area contributed by atoms with E-state index in [9.17, 15) is 33.9 Å². The fourth-order valence-corrected chi connectivity index (χ4v) is 4.13. The fourth-order valence-electron chi connectivity index (χ4n) is 3.39. The molecule has 1 fully saturated rings. The smallest absolute Gasteiger partial charge is 0.367 e. The molecule has 7 atom stereocenters. The Morgan fingerprint density at radius 3 is 1.97 bits per heavy atom. The van der Waals surface area contributed by atoms with Crippen molar-refractivity contribution in [3.05, 3.63) is 0 Å². The van der Waals surface area contributed by atoms with Crippen molar-refractivity contribution in [1.29, 1.82) is 0 Å². The van der Waals surface area contributed by atoms with E-state index in [1.807, 2.05) is 0 Å². The molecule has 1 rings (SSSR count). The van der Waals surface area contributed by atoms with E-state index in [2.05, 4.69) is 26.0 Å². The molecular formula is C20H28BrNO13. The van der Waals surface area contributed by atoms with E-state index in [0.29, 0.717) is 0 Å². The summed E-state index contributed by atoms with van der Waals surface area (Å²) in [6.07, 6.45) is -6.43. The number of carbonyl (C=O) groups excluding carboxylic acids is 6. The molecule has 0 unspecified atom stereocenters. The van der Waals surface area contributed by atoms with Gasteiger partial charge in [0, 0.05) is 34.6 Å². The first-order valence-electron chi connectivity index (χ1n) is 10.2. The molecule has 35 heavy (non-hydrogen) atoms. The Labute approximate surface area is 209 Å². The van der Waals surface area contributed by atoms with Crippen LogP contribution >= 0.6 is 15.9 Å². The van der Waals surface area contributed by atoms with E-state index in [4.69, 9.17) is 23.7 Å². The summed E-state index contributed by atoms with van der Waals surface area (Å²) in [5.74, 6) is -8.24. The summed E-state index contributed by atoms with van der Waals surface area (Å²) < 4.78 is 30.9. The van der Waals surface area contributed by atoms with Gasteiger partial charge in [-0.2, -0.15) is 0 Å². The molecule has 198 valence electrons. The van der Waals surface area contributed by atoms with Gasteiger partial charge in [-0.05, 0) is 0 Å². The number of aliphatic hydroxyl groups is 1. The van der Waals surface area contributed by atoms with Crippen LogP contribution in [0.5, 0.6) is 0 Å². The SMILES string of the molecule is COC(=O)[C@]1(O)O[C@@H]([C@@H](OC(C)=O)[C@@H](COC(C)=O)OC(C)=O)[C@H](NC(C)=O)[C@@H](OC(C)=O)[C@@H]1Br. The number of alkyl halides is 1. The van der Waals surface area contributed by atoms with Gasteiger partial charge in [-0.3, -0.25) is 24.0 Å². The lowest BCUT2D eigenvalue weighted by Crippen LogP contribution is -2.73. The van der Waals surface area contributed by atoms with Crippen LogP contribution in [0.1, 0.15) is 34.6 Å². The lowest BCUT2D eigenvalue weighted by atomic mass is 9.88. The maximum atomic E-state index is 12.5. The predicted octanol–water partition coefficient (Wildman–Crippen LogP) is -1.13. The van der Waals surface area contributed by atoms with Gasteiger partial charge in [-0.15, -0.1) is 0 Å². The average Bonchev–Trinajstić information content (AvgIpc) is 2.73. The average molecular weight is 570 g/mol. The van der Waals surface area contributed by atoms with E-state index in [-0.39, 0.29) is 0 Å². The molecule has 0 aromatic carbocycles. The van der Waals surface area contributed by atoms with Crippen molar-refractivity contribution < 1.29 is 62.3 Å². The zero-order valence-corrected chi connectivity index (χ0v) is 21.5. The molecule has 1 amide bonds. The number of carbonyl (C=O) groups is 6. The molecule has 2 N–H and O–H groups in total. The van der Waals surface area contributed by atoms with Crippen molar-refractivity contribution in [3.8, 4) is 0 Å². The first-order chi connectivity index (χ1) is 16.1. The van der Waals surface area contributed by atoms with Crippen LogP contribution in [0.2, 0.25) is 0 Å². The largest absolute Gasteiger partial charge is 0.465 e. The van der Waals surface area contributed by atoms with Crippen molar-refractivity contribution in [2.24, 2.45) is 0 Å². The zero-order valence-electron chi connectivity index (χ0n) is 19.9. The fraction of sp³-hybridized carbons (Fsp3) is 0.700. The van der Waals surface area contributed by atoms with Crippen LogP contribution in [-0.2, 0) is 57.2 Å². The standard InChI is InChI=1S/C20H28BrNO13/c1-8(23)22-14-16(15(33-11(4)26)13(32-10(3)25)7-31-9(2)24)35-20(29,19(28)30-6)18(21)17(14)34-12(5)27/h13-18,29H,7H2,1-6H3,(H,22,23)/t13-,14+,15+,16-,17-,18+,20-/m1/s1. The second-order valence-electron chi connectivity index (χ2n) is 7.50. The number of hydrogen-bond acceptors (Lipinski definition) is 13. The Hall–Kier alpha value is -2.78. The first kappa shape index (κ1) is 30.3. The Morgan fingerprint density at radius 1 is 0.971 bits per heavy atom. The van der Waals surface area contributed by atoms with Crippen molar-refractivity contribution in [3.63, 3.8) is 0 Å². The van der Waals surface area contributed by atoms with Gasteiger partial charge in [0.25, 0.3) is 5.79 Å². The lowest BCUT2D eigenvalue weighted by Gasteiger charge is -2.49. The molecule has 1 heterocycles. The topological polar surface area (TPSA) is 190 Å². The van der Waals surface area contributed by atoms with Crippen LogP contribution in [0.15, 0.2) is 0 Å². The molecular weight excluding hydrogens is 542 g/mol. The van der Waals surface area contributed by atoms with E-state index >= 15 is 0 Å². The van der Waals surface area contributed by atoms with Crippen molar-refractivity contribution >= 4 is 51.7 Å². The van der Waals surface area contributed by atoms with Crippen molar-refractivity contribution in [2.75, 3.05) is 13.7 Å². The third-order valence-corrected chi connectivity index (χ3v) is 5.74. The number of esters is 5. The van der Waals surface area contributed by atoms with Crippen molar-refractivity contribution in [1.82, 2.24) is 5.32 Å². The Bertz CT molecular complexity index is 849. The summed E-state index contributed by atoms with van der Waals surface area (Å²) in [6.45, 7) is 4.63. The molecule has 1 saturated heterocycles. The monoisotopic (exact) mass is 569 g/mol. The van der Waals surface area contributed by atoms with Gasteiger partial charge < -0.3 is 38.8 Å². The first-order valence-corrected chi connectivity index (χ1v) is 11.1. The normalized spacial score (nSPS) is 27.4. The highest BCUT2D eigenvalue weighted by Crippen LogP contribution is 2.38. The van der Waals surface area contributed by atoms with Crippen LogP contribution in [0.4, 0.5) is 0 Å². The summed E-state index contributed by atoms with van der Waals surface area (Å²) in [5.41, 5.74) is 0. The maximum Gasteiger partial charge on any atom is 0.367 e. The number of rotatable bonds is 9. The number of halogens is 1. The summed E-state index contributed by atoms with van der Waals surface area (Å²) in [6, 6.07) is -1.38. The molecule has 0 aliphatic carbocycles. The molecule has 15 heteroatoms. The molecule has 14 nitrogen and oxygen atoms in total. The maximum absolute atomic E-state index is 12.5. The molecule has 0 radical (unpaired) electrons. The highest BCUT2D eigenvalue weighted by molar-refractivity contribution is 9.09. The number of ether oxygens (including phenoxy) is 6. The van der Waals surface area contributed by atoms with Crippen molar-refractivity contribution in [2.45, 2.75) is 75.7 Å². The van der Waals surface area contributed by atoms with Gasteiger partial charge in [0.1, 0.15) is 23.6 Å². The second kappa shape index (κ2) is 12.8. The van der Waals surface area contributed by atoms with Gasteiger partial charge in [-0.25, -0.2) is 4.79 Å². The molecule has 1 aliphatic rings. The predicted molar refractivity (Wildman–Crippen MR) is 115 cm³/mol. The number of methoxy groups -OCH3 is 1. The van der Waals surface area contributed by atoms with Crippen LogP contribution in [0, 0.1) is 0 Å². The van der Waals surface area contributed by atoms with E-state index in [1.54, 1.807) is 0 Å². The third-order valence-electron chi connectivity index (χ3n) is 4.60. The van der Waals surface area contributed by atoms with Gasteiger partial charge in [0.2, 0.25) is 5.91 Å². The Morgan fingerprint density at radius 2 is 1.54 bits per heavy atom. The van der Waals surface area contributed by atoms with E-state index < -0.39 is 83.4 Å². The number of nitrogens with one attached hydrogen (secondary N) is 1. The summed E-state index contributed by atoms with van der Waals surface area (Å²) in [5, 5.41) is 13.6. The molecule has 0 saturated carbocycles. The highest BCUT2D eigenvalue weighted by Gasteiger charge is 2.62. The lowest BCUT2D eigenvalue weighted by molar-refractivity contribution is -0.294. The molecule has 0 spiro atoms. The second-order valence-corrected chi connectivity index (χ2v) is 8.48. The number of hydrogen-bond donors (Lipinski definition) is 2. The van der Waals surface area contributed by atoms with Crippen LogP contribution in [0.3, 0.4) is 0 Å². The van der Waals surface area contributed by atoms with Gasteiger partial charge in [0.15, 0.2) is 12.2 Å². The summed E-state index contributed by atoms with van der Waals surface area (Å²) >= 11 is 3.07. The minimum absolute atomic E-state index is 0.633. The van der Waals surface area contributed by atoms with Crippen LogP contribution in [-0.4, -0.2) is 95.6 Å². The molecule has 0 aromatic rings. The van der Waals surface area contributed by atoms with Gasteiger partial charge in [-0.1, -0.05) is 15.9 Å². The minimum atomic E-state index is -2.84. The van der Waals surface area contributed by atoms with E-state index in [0.717, 1.165) is 41.7 Å². The Kier molecular flexibility index (Phi) is 11.1. The quantitative estimate of drug-likeness (QED) is 0.193. The number of amides is 1. The molecule has 0 bridgehead atoms. The molecule has 0 aromatic heterocycles. The minimum Gasteiger partial charge on any atom is -0.465 e. The summed E-state index contributed by atoms with van der Waals surface area (Å²) in [7, 11) is 0.949. The molecule has 1 aliphatic heterocycles. The van der Waals surface area contributed by atoms with Crippen LogP contribution < -0.4 is 5.32 Å². The van der Waals surface area contributed by atoms with E-state index in [1.165, 1.54) is 0 Å². The van der Waals surface area contributed by atoms with Gasteiger partial charge >= 0.3 is 29.8 Å². The zero-order chi connectivity index (χ0) is 27.1. The third kappa shape index (κ3) is 8.14. The van der Waals surface area contributed by atoms with Gasteiger partial charge in [0.05, 0.1) is 13.2 Å².